The molecule has 0 aromatic carbocycles. The van der Waals surface area contributed by atoms with E-state index in [0.717, 1.165) is 6.67 Å². The van der Waals surface area contributed by atoms with Crippen LogP contribution in [0.4, 0.5) is 0 Å². The van der Waals surface area contributed by atoms with Crippen molar-refractivity contribution < 1.29 is 0 Å². The van der Waals surface area contributed by atoms with Gasteiger partial charge in [-0.1, -0.05) is 58.8 Å². The normalized spacial score (nSPS) is 14.8. The van der Waals surface area contributed by atoms with Gasteiger partial charge in [-0.25, -0.2) is 0 Å². The Hall–Kier alpha value is -0.660. The average molecular weight is 252 g/mol. The summed E-state index contributed by atoms with van der Waals surface area (Å²) in [5, 5.41) is 0. The van der Waals surface area contributed by atoms with E-state index in [9.17, 15) is 0 Å². The van der Waals surface area contributed by atoms with Gasteiger partial charge in [0, 0.05) is 25.5 Å². The van der Waals surface area contributed by atoms with Crippen LogP contribution in [0.3, 0.4) is 0 Å². The minimum Gasteiger partial charge on any atom is -0.359 e. The first kappa shape index (κ1) is 15.4. The van der Waals surface area contributed by atoms with E-state index in [1.165, 1.54) is 70.9 Å². The summed E-state index contributed by atoms with van der Waals surface area (Å²) in [7, 11) is 0. The summed E-state index contributed by atoms with van der Waals surface area (Å²) in [6, 6.07) is 0. The highest BCUT2D eigenvalue weighted by molar-refractivity contribution is 4.90. The van der Waals surface area contributed by atoms with Crippen LogP contribution in [-0.4, -0.2) is 29.6 Å². The second kappa shape index (κ2) is 10.3. The summed E-state index contributed by atoms with van der Waals surface area (Å²) in [5.74, 6) is 0. The number of nitrogens with zero attached hydrogens (tertiary/aromatic N) is 2. The van der Waals surface area contributed by atoms with E-state index in [0.29, 0.717) is 0 Å². The van der Waals surface area contributed by atoms with Crippen LogP contribution in [0, 0.1) is 0 Å². The monoisotopic (exact) mass is 252 g/mol. The molecule has 18 heavy (non-hydrogen) atoms. The molecule has 0 atom stereocenters. The largest absolute Gasteiger partial charge is 0.359 e. The molecular formula is C16H32N2. The van der Waals surface area contributed by atoms with E-state index >= 15 is 0 Å². The van der Waals surface area contributed by atoms with Gasteiger partial charge in [0.05, 0.1) is 6.67 Å². The number of hydrogen-bond acceptors (Lipinski definition) is 2. The zero-order valence-electron chi connectivity index (χ0n) is 12.5. The van der Waals surface area contributed by atoms with E-state index in [4.69, 9.17) is 0 Å². The van der Waals surface area contributed by atoms with Crippen LogP contribution in [0.25, 0.3) is 0 Å². The smallest absolute Gasteiger partial charge is 0.0893 e. The molecule has 0 spiro atoms. The Morgan fingerprint density at radius 2 is 1.11 bits per heavy atom. The maximum atomic E-state index is 2.46. The Bertz CT molecular complexity index is 213. The minimum atomic E-state index is 1.12. The zero-order valence-corrected chi connectivity index (χ0v) is 12.5. The molecule has 0 aromatic rings. The van der Waals surface area contributed by atoms with Crippen molar-refractivity contribution in [2.75, 3.05) is 19.8 Å². The van der Waals surface area contributed by atoms with Gasteiger partial charge in [0.2, 0.25) is 0 Å². The summed E-state index contributed by atoms with van der Waals surface area (Å²) in [5.41, 5.74) is 0. The maximum Gasteiger partial charge on any atom is 0.0893 e. The third-order valence-corrected chi connectivity index (χ3v) is 3.70. The molecule has 2 nitrogen and oxygen atoms in total. The molecule has 0 amide bonds. The van der Waals surface area contributed by atoms with Gasteiger partial charge in [-0.2, -0.15) is 0 Å². The van der Waals surface area contributed by atoms with Gasteiger partial charge >= 0.3 is 0 Å². The maximum absolute atomic E-state index is 2.46. The van der Waals surface area contributed by atoms with E-state index in [1.807, 2.05) is 0 Å². The van der Waals surface area contributed by atoms with E-state index in [1.54, 1.807) is 0 Å². The second-order valence-electron chi connectivity index (χ2n) is 5.54. The lowest BCUT2D eigenvalue weighted by Crippen LogP contribution is -2.26. The van der Waals surface area contributed by atoms with Crippen molar-refractivity contribution in [3.63, 3.8) is 0 Å². The van der Waals surface area contributed by atoms with Crippen molar-refractivity contribution >= 4 is 0 Å². The van der Waals surface area contributed by atoms with Crippen LogP contribution in [0.1, 0.15) is 71.6 Å². The molecule has 1 heterocycles. The van der Waals surface area contributed by atoms with Crippen molar-refractivity contribution in [2.45, 2.75) is 71.6 Å². The molecule has 106 valence electrons. The van der Waals surface area contributed by atoms with Gasteiger partial charge in [0.1, 0.15) is 0 Å². The first-order valence-electron chi connectivity index (χ1n) is 8.03. The summed E-state index contributed by atoms with van der Waals surface area (Å²) in [6.45, 7) is 8.16. The molecule has 1 rings (SSSR count). The van der Waals surface area contributed by atoms with Crippen LogP contribution >= 0.6 is 0 Å². The second-order valence-corrected chi connectivity index (χ2v) is 5.54. The van der Waals surface area contributed by atoms with Gasteiger partial charge in [-0.3, -0.25) is 0 Å². The third kappa shape index (κ3) is 6.93. The standard InChI is InChI=1S/C16H32N2/c1-3-5-7-9-11-13-18-15-14-17(16-18)12-10-8-6-4-2/h14-15H,3-13,16H2,1-2H3. The Labute approximate surface area is 114 Å². The molecule has 0 bridgehead atoms. The van der Waals surface area contributed by atoms with Crippen molar-refractivity contribution in [1.29, 1.82) is 0 Å². The SMILES string of the molecule is CCCCCCCN1C=CN(CCCCCC)C1. The molecular weight excluding hydrogens is 220 g/mol. The number of rotatable bonds is 11. The number of unbranched alkanes of at least 4 members (excludes halogenated alkanes) is 7. The van der Waals surface area contributed by atoms with Gasteiger partial charge < -0.3 is 9.80 Å². The molecule has 0 unspecified atom stereocenters. The highest BCUT2D eigenvalue weighted by Gasteiger charge is 2.10. The lowest BCUT2D eigenvalue weighted by molar-refractivity contribution is 0.257. The first-order chi connectivity index (χ1) is 8.86. The van der Waals surface area contributed by atoms with Crippen LogP contribution in [0.5, 0.6) is 0 Å². The topological polar surface area (TPSA) is 6.48 Å². The molecule has 2 heteroatoms. The van der Waals surface area contributed by atoms with E-state index < -0.39 is 0 Å². The van der Waals surface area contributed by atoms with Crippen molar-refractivity contribution in [1.82, 2.24) is 9.80 Å². The average Bonchev–Trinajstić information content (AvgIpc) is 2.82. The highest BCUT2D eigenvalue weighted by atomic mass is 15.3. The van der Waals surface area contributed by atoms with Crippen LogP contribution in [0.15, 0.2) is 12.4 Å². The summed E-state index contributed by atoms with van der Waals surface area (Å²) in [4.78, 5) is 4.92. The predicted molar refractivity (Wildman–Crippen MR) is 80.3 cm³/mol. The Balaban J connectivity index is 1.95. The summed E-state index contributed by atoms with van der Waals surface area (Å²) >= 11 is 0. The van der Waals surface area contributed by atoms with Gasteiger partial charge in [0.15, 0.2) is 0 Å². The van der Waals surface area contributed by atoms with E-state index in [-0.39, 0.29) is 0 Å². The van der Waals surface area contributed by atoms with Gasteiger partial charge in [-0.15, -0.1) is 0 Å². The van der Waals surface area contributed by atoms with Crippen LogP contribution in [0.2, 0.25) is 0 Å². The molecule has 0 aromatic heterocycles. The van der Waals surface area contributed by atoms with E-state index in [2.05, 4.69) is 36.0 Å². The highest BCUT2D eigenvalue weighted by Crippen LogP contribution is 2.11. The fraction of sp³-hybridized carbons (Fsp3) is 0.875. The summed E-state index contributed by atoms with van der Waals surface area (Å²) in [6.07, 6.45) is 16.9. The lowest BCUT2D eigenvalue weighted by Gasteiger charge is -2.21. The molecule has 1 aliphatic heterocycles. The molecule has 0 radical (unpaired) electrons. The zero-order chi connectivity index (χ0) is 13.1. The molecule has 0 saturated heterocycles. The first-order valence-corrected chi connectivity index (χ1v) is 8.03. The van der Waals surface area contributed by atoms with Crippen LogP contribution < -0.4 is 0 Å². The van der Waals surface area contributed by atoms with Crippen molar-refractivity contribution in [3.05, 3.63) is 12.4 Å². The molecule has 0 fully saturated rings. The van der Waals surface area contributed by atoms with Crippen molar-refractivity contribution in [3.8, 4) is 0 Å². The fourth-order valence-electron chi connectivity index (χ4n) is 2.47. The quantitative estimate of drug-likeness (QED) is 0.496. The van der Waals surface area contributed by atoms with Crippen molar-refractivity contribution in [2.24, 2.45) is 0 Å². The Morgan fingerprint density at radius 1 is 0.667 bits per heavy atom. The lowest BCUT2D eigenvalue weighted by atomic mass is 10.1. The predicted octanol–water partition coefficient (Wildman–Crippen LogP) is 4.58. The molecule has 1 aliphatic rings. The fourth-order valence-corrected chi connectivity index (χ4v) is 2.47. The molecule has 0 aliphatic carbocycles. The summed E-state index contributed by atoms with van der Waals surface area (Å²) < 4.78 is 0. The Morgan fingerprint density at radius 3 is 1.61 bits per heavy atom. The van der Waals surface area contributed by atoms with Crippen LogP contribution in [-0.2, 0) is 0 Å². The van der Waals surface area contributed by atoms with Gasteiger partial charge in [-0.05, 0) is 12.8 Å². The third-order valence-electron chi connectivity index (χ3n) is 3.70. The van der Waals surface area contributed by atoms with Gasteiger partial charge in [0.25, 0.3) is 0 Å². The number of hydrogen-bond donors (Lipinski definition) is 0. The molecule has 0 saturated carbocycles. The Kier molecular flexibility index (Phi) is 8.79. The minimum absolute atomic E-state index is 1.12. The molecule has 0 N–H and O–H groups in total.